The Morgan fingerprint density at radius 2 is 1.77 bits per heavy atom. The van der Waals surface area contributed by atoms with Crippen LogP contribution in [-0.2, 0) is 16.6 Å². The van der Waals surface area contributed by atoms with Crippen LogP contribution in [0.4, 0.5) is 0 Å². The second-order valence-corrected chi connectivity index (χ2v) is 11.0. The van der Waals surface area contributed by atoms with Gasteiger partial charge in [-0.1, -0.05) is 37.3 Å². The maximum absolute atomic E-state index is 12.9. The van der Waals surface area contributed by atoms with Crippen LogP contribution in [0.5, 0.6) is 0 Å². The minimum atomic E-state index is -3.53. The Morgan fingerprint density at radius 1 is 1.10 bits per heavy atom. The van der Waals surface area contributed by atoms with Gasteiger partial charge in [0.2, 0.25) is 10.0 Å². The molecule has 6 nitrogen and oxygen atoms in total. The van der Waals surface area contributed by atoms with E-state index in [1.807, 2.05) is 24.3 Å². The van der Waals surface area contributed by atoms with Crippen molar-refractivity contribution in [1.82, 2.24) is 8.87 Å². The molecule has 0 saturated carbocycles. The molecule has 0 atom stereocenters. The van der Waals surface area contributed by atoms with Crippen LogP contribution in [0.2, 0.25) is 0 Å². The highest BCUT2D eigenvalue weighted by molar-refractivity contribution is 7.89. The fraction of sp³-hybridized carbons (Fsp3) is 0.391. The first-order valence-corrected chi connectivity index (χ1v) is 12.9. The predicted molar refractivity (Wildman–Crippen MR) is 124 cm³/mol. The number of piperidine rings is 1. The van der Waals surface area contributed by atoms with Gasteiger partial charge >= 0.3 is 0 Å². The van der Waals surface area contributed by atoms with Crippen LogP contribution >= 0.6 is 11.3 Å². The molecule has 0 bridgehead atoms. The molecule has 0 spiro atoms. The zero-order chi connectivity index (χ0) is 22.0. The van der Waals surface area contributed by atoms with E-state index in [2.05, 4.69) is 23.4 Å². The lowest BCUT2D eigenvalue weighted by molar-refractivity contribution is 0.0997. The van der Waals surface area contributed by atoms with E-state index in [9.17, 15) is 13.2 Å². The van der Waals surface area contributed by atoms with Gasteiger partial charge in [-0.15, -0.1) is 0 Å². The van der Waals surface area contributed by atoms with Gasteiger partial charge in [0.15, 0.2) is 4.80 Å². The van der Waals surface area contributed by atoms with Gasteiger partial charge in [-0.3, -0.25) is 4.79 Å². The largest absolute Gasteiger partial charge is 0.316 e. The average molecular weight is 458 g/mol. The monoisotopic (exact) mass is 457 g/mol. The maximum Gasteiger partial charge on any atom is 0.279 e. The molecule has 31 heavy (non-hydrogen) atoms. The molecule has 0 radical (unpaired) electrons. The van der Waals surface area contributed by atoms with E-state index >= 15 is 0 Å². The molecule has 1 amide bonds. The van der Waals surface area contributed by atoms with E-state index in [1.54, 1.807) is 16.4 Å². The number of aromatic nitrogens is 1. The Hall–Kier alpha value is -2.29. The third-order valence-corrected chi connectivity index (χ3v) is 8.69. The number of sulfonamides is 1. The Balaban J connectivity index is 1.61. The molecular weight excluding hydrogens is 430 g/mol. The second kappa shape index (κ2) is 9.06. The topological polar surface area (TPSA) is 71.7 Å². The number of rotatable bonds is 5. The third-order valence-electron chi connectivity index (χ3n) is 5.71. The molecule has 0 aliphatic carbocycles. The number of para-hydroxylation sites is 1. The molecule has 2 aromatic carbocycles. The fourth-order valence-electron chi connectivity index (χ4n) is 3.84. The lowest BCUT2D eigenvalue weighted by atomic mass is 10.0. The van der Waals surface area contributed by atoms with Gasteiger partial charge in [-0.2, -0.15) is 9.30 Å². The summed E-state index contributed by atoms with van der Waals surface area (Å²) in [6.45, 7) is 6.11. The summed E-state index contributed by atoms with van der Waals surface area (Å²) in [7, 11) is -3.53. The molecule has 0 unspecified atom stereocenters. The van der Waals surface area contributed by atoms with Crippen molar-refractivity contribution in [3.63, 3.8) is 0 Å². The quantitative estimate of drug-likeness (QED) is 0.574. The van der Waals surface area contributed by atoms with Crippen LogP contribution in [0, 0.1) is 5.92 Å². The number of benzene rings is 2. The number of carbonyl (C=O) groups is 1. The van der Waals surface area contributed by atoms with E-state index in [4.69, 9.17) is 0 Å². The number of amides is 1. The number of aryl methyl sites for hydroxylation is 1. The van der Waals surface area contributed by atoms with E-state index in [-0.39, 0.29) is 10.8 Å². The number of carbonyl (C=O) groups excluding carboxylic acids is 1. The normalized spacial score (nSPS) is 16.8. The second-order valence-electron chi connectivity index (χ2n) is 8.03. The highest BCUT2D eigenvalue weighted by Gasteiger charge is 2.28. The molecule has 164 valence electrons. The van der Waals surface area contributed by atoms with Crippen LogP contribution in [0.15, 0.2) is 58.4 Å². The maximum atomic E-state index is 12.9. The molecule has 1 aliphatic rings. The van der Waals surface area contributed by atoms with Crippen molar-refractivity contribution in [1.29, 1.82) is 0 Å². The van der Waals surface area contributed by atoms with Crippen LogP contribution in [0.3, 0.4) is 0 Å². The van der Waals surface area contributed by atoms with E-state index < -0.39 is 10.0 Å². The number of nitrogens with zero attached hydrogens (tertiary/aromatic N) is 3. The molecule has 4 rings (SSSR count). The molecule has 8 heteroatoms. The van der Waals surface area contributed by atoms with Crippen LogP contribution < -0.4 is 4.80 Å². The molecule has 1 saturated heterocycles. The summed E-state index contributed by atoms with van der Waals surface area (Å²) in [6, 6.07) is 14.2. The van der Waals surface area contributed by atoms with Crippen LogP contribution in [-0.4, -0.2) is 36.3 Å². The van der Waals surface area contributed by atoms with Crippen molar-refractivity contribution in [2.75, 3.05) is 13.1 Å². The zero-order valence-corrected chi connectivity index (χ0v) is 19.5. The Kier molecular flexibility index (Phi) is 6.41. The summed E-state index contributed by atoms with van der Waals surface area (Å²) >= 11 is 1.49. The minimum absolute atomic E-state index is 0.224. The molecule has 3 aromatic rings. The summed E-state index contributed by atoms with van der Waals surface area (Å²) < 4.78 is 30.5. The molecule has 1 aliphatic heterocycles. The molecule has 0 N–H and O–H groups in total. The van der Waals surface area contributed by atoms with Crippen molar-refractivity contribution >= 4 is 37.5 Å². The first kappa shape index (κ1) is 21.9. The first-order chi connectivity index (χ1) is 14.9. The Labute approximate surface area is 186 Å². The Bertz CT molecular complexity index is 1250. The van der Waals surface area contributed by atoms with E-state index in [1.165, 1.54) is 23.5 Å². The van der Waals surface area contributed by atoms with Gasteiger partial charge in [0.1, 0.15) is 0 Å². The number of fused-ring (bicyclic) bond motifs is 1. The summed E-state index contributed by atoms with van der Waals surface area (Å²) in [4.78, 5) is 18.1. The van der Waals surface area contributed by atoms with Crippen LogP contribution in [0.1, 0.15) is 43.5 Å². The van der Waals surface area contributed by atoms with Crippen molar-refractivity contribution in [3.8, 4) is 0 Å². The van der Waals surface area contributed by atoms with Crippen molar-refractivity contribution in [2.45, 2.75) is 44.6 Å². The average Bonchev–Trinajstić information content (AvgIpc) is 3.11. The molecule has 1 fully saturated rings. The lowest BCUT2D eigenvalue weighted by Gasteiger charge is -2.29. The van der Waals surface area contributed by atoms with Gasteiger partial charge in [0, 0.05) is 25.2 Å². The predicted octanol–water partition coefficient (Wildman–Crippen LogP) is 4.27. The highest BCUT2D eigenvalue weighted by atomic mass is 32.2. The summed E-state index contributed by atoms with van der Waals surface area (Å²) in [5.74, 6) is 0.185. The highest BCUT2D eigenvalue weighted by Crippen LogP contribution is 2.24. The van der Waals surface area contributed by atoms with Crippen molar-refractivity contribution in [2.24, 2.45) is 10.9 Å². The van der Waals surface area contributed by atoms with Gasteiger partial charge in [-0.05, 0) is 61.6 Å². The molecule has 1 aromatic heterocycles. The standard InChI is InChI=1S/C23H27N3O3S2/c1-3-14-26-20-6-4-5-7-21(20)30-23(26)24-22(27)18-8-10-19(11-9-18)31(28,29)25-15-12-17(2)13-16-25/h4-11,17H,3,12-16H2,1-2H3. The third kappa shape index (κ3) is 4.51. The minimum Gasteiger partial charge on any atom is -0.316 e. The first-order valence-electron chi connectivity index (χ1n) is 10.7. The number of thiazole rings is 1. The summed E-state index contributed by atoms with van der Waals surface area (Å²) in [5, 5.41) is 0. The molecule has 2 heterocycles. The molecular formula is C23H27N3O3S2. The summed E-state index contributed by atoms with van der Waals surface area (Å²) in [6.07, 6.45) is 2.69. The van der Waals surface area contributed by atoms with E-state index in [0.717, 1.165) is 36.0 Å². The summed E-state index contributed by atoms with van der Waals surface area (Å²) in [5.41, 5.74) is 1.45. The van der Waals surface area contributed by atoms with Gasteiger partial charge in [-0.25, -0.2) is 8.42 Å². The van der Waals surface area contributed by atoms with Gasteiger partial charge in [0.05, 0.1) is 15.1 Å². The van der Waals surface area contributed by atoms with Crippen molar-refractivity contribution < 1.29 is 13.2 Å². The number of hydrogen-bond acceptors (Lipinski definition) is 4. The van der Waals surface area contributed by atoms with E-state index in [0.29, 0.717) is 29.4 Å². The van der Waals surface area contributed by atoms with Crippen LogP contribution in [0.25, 0.3) is 10.2 Å². The lowest BCUT2D eigenvalue weighted by Crippen LogP contribution is -2.37. The smallest absolute Gasteiger partial charge is 0.279 e. The zero-order valence-electron chi connectivity index (χ0n) is 17.8. The SMILES string of the molecule is CCCn1c(=NC(=O)c2ccc(S(=O)(=O)N3CCC(C)CC3)cc2)sc2ccccc21. The Morgan fingerprint density at radius 3 is 2.45 bits per heavy atom. The van der Waals surface area contributed by atoms with Gasteiger partial charge in [0.25, 0.3) is 5.91 Å². The fourth-order valence-corrected chi connectivity index (χ4v) is 6.37. The van der Waals surface area contributed by atoms with Gasteiger partial charge < -0.3 is 4.57 Å². The van der Waals surface area contributed by atoms with Crippen molar-refractivity contribution in [3.05, 3.63) is 58.9 Å². The number of hydrogen-bond donors (Lipinski definition) is 0.